The van der Waals surface area contributed by atoms with Crippen molar-refractivity contribution in [2.24, 2.45) is 0 Å². The first kappa shape index (κ1) is 15.4. The predicted octanol–water partition coefficient (Wildman–Crippen LogP) is 3.39. The largest absolute Gasteiger partial charge is 0.477 e. The minimum absolute atomic E-state index is 0.146. The van der Waals surface area contributed by atoms with Crippen LogP contribution in [-0.4, -0.2) is 28.1 Å². The molecule has 112 valence electrons. The van der Waals surface area contributed by atoms with Crippen molar-refractivity contribution in [3.63, 3.8) is 0 Å². The molecule has 0 aromatic carbocycles. The van der Waals surface area contributed by atoms with Crippen LogP contribution in [0.2, 0.25) is 0 Å². The lowest BCUT2D eigenvalue weighted by atomic mass is 10.0. The van der Waals surface area contributed by atoms with Gasteiger partial charge in [0.05, 0.1) is 5.69 Å². The molecule has 0 aliphatic rings. The Hall–Kier alpha value is -1.95. The van der Waals surface area contributed by atoms with Crippen molar-refractivity contribution in [1.29, 1.82) is 0 Å². The van der Waals surface area contributed by atoms with Gasteiger partial charge in [-0.15, -0.1) is 0 Å². The minimum Gasteiger partial charge on any atom is -0.477 e. The van der Waals surface area contributed by atoms with Crippen LogP contribution < -0.4 is 4.90 Å². The third kappa shape index (κ3) is 3.58. The van der Waals surface area contributed by atoms with Crippen molar-refractivity contribution in [2.75, 3.05) is 11.9 Å². The summed E-state index contributed by atoms with van der Waals surface area (Å²) < 4.78 is 0. The molecule has 0 radical (unpaired) electrons. The number of pyridine rings is 1. The second kappa shape index (κ2) is 6.67. The van der Waals surface area contributed by atoms with Crippen LogP contribution in [0.15, 0.2) is 24.5 Å². The van der Waals surface area contributed by atoms with E-state index < -0.39 is 5.97 Å². The molecule has 0 bridgehead atoms. The van der Waals surface area contributed by atoms with Gasteiger partial charge < -0.3 is 10.0 Å². The molecular weight excluding hydrogens is 286 g/mol. The van der Waals surface area contributed by atoms with E-state index in [4.69, 9.17) is 0 Å². The highest BCUT2D eigenvalue weighted by molar-refractivity contribution is 7.17. The van der Waals surface area contributed by atoms with Gasteiger partial charge in [-0.3, -0.25) is 4.98 Å². The summed E-state index contributed by atoms with van der Waals surface area (Å²) in [6, 6.07) is 3.88. The van der Waals surface area contributed by atoms with Crippen molar-refractivity contribution in [1.82, 2.24) is 9.97 Å². The molecular formula is C15H19N3O2S. The second-order valence-corrected chi connectivity index (χ2v) is 6.02. The first-order valence-electron chi connectivity index (χ1n) is 6.87. The van der Waals surface area contributed by atoms with E-state index in [1.54, 1.807) is 12.4 Å². The molecule has 1 unspecified atom stereocenters. The summed E-state index contributed by atoms with van der Waals surface area (Å²) in [6.07, 6.45) is 4.41. The predicted molar refractivity (Wildman–Crippen MR) is 84.1 cm³/mol. The molecule has 0 spiro atoms. The number of aromatic carboxylic acids is 1. The Morgan fingerprint density at radius 1 is 1.52 bits per heavy atom. The smallest absolute Gasteiger partial charge is 0.347 e. The maximum absolute atomic E-state index is 11.4. The number of hydrogen-bond donors (Lipinski definition) is 1. The van der Waals surface area contributed by atoms with Crippen LogP contribution in [0.3, 0.4) is 0 Å². The van der Waals surface area contributed by atoms with Crippen LogP contribution in [-0.2, 0) is 6.54 Å². The molecule has 0 aliphatic heterocycles. The van der Waals surface area contributed by atoms with Gasteiger partial charge in [0.2, 0.25) is 0 Å². The molecule has 21 heavy (non-hydrogen) atoms. The molecule has 2 aromatic heterocycles. The number of anilines is 1. The summed E-state index contributed by atoms with van der Waals surface area (Å²) in [5, 5.41) is 10.1. The van der Waals surface area contributed by atoms with E-state index >= 15 is 0 Å². The van der Waals surface area contributed by atoms with Gasteiger partial charge in [-0.25, -0.2) is 9.78 Å². The number of rotatable bonds is 6. The van der Waals surface area contributed by atoms with Crippen LogP contribution in [0.5, 0.6) is 0 Å². The maximum atomic E-state index is 11.4. The summed E-state index contributed by atoms with van der Waals surface area (Å²) in [5.74, 6) is -0.753. The van der Waals surface area contributed by atoms with E-state index in [1.165, 1.54) is 11.3 Å². The quantitative estimate of drug-likeness (QED) is 0.886. The monoisotopic (exact) mass is 305 g/mol. The van der Waals surface area contributed by atoms with Crippen molar-refractivity contribution in [2.45, 2.75) is 32.7 Å². The zero-order valence-corrected chi connectivity index (χ0v) is 13.2. The Balaban J connectivity index is 2.25. The minimum atomic E-state index is -0.899. The molecule has 2 heterocycles. The fraction of sp³-hybridized carbons (Fsp3) is 0.400. The highest BCUT2D eigenvalue weighted by Gasteiger charge is 2.22. The number of aromatic nitrogens is 2. The molecule has 0 amide bonds. The molecule has 0 saturated heterocycles. The van der Waals surface area contributed by atoms with Crippen LogP contribution in [0, 0.1) is 0 Å². The van der Waals surface area contributed by atoms with Crippen molar-refractivity contribution < 1.29 is 9.90 Å². The fourth-order valence-corrected chi connectivity index (χ4v) is 2.98. The molecule has 6 heteroatoms. The van der Waals surface area contributed by atoms with Crippen molar-refractivity contribution in [3.8, 4) is 0 Å². The number of carbonyl (C=O) groups is 1. The summed E-state index contributed by atoms with van der Waals surface area (Å²) in [4.78, 5) is 22.3. The van der Waals surface area contributed by atoms with Gasteiger partial charge in [-0.05, 0) is 24.0 Å². The van der Waals surface area contributed by atoms with E-state index in [1.807, 2.05) is 37.9 Å². The number of carboxylic acid groups (broad SMARTS) is 1. The van der Waals surface area contributed by atoms with E-state index in [0.29, 0.717) is 17.1 Å². The number of hydrogen-bond acceptors (Lipinski definition) is 5. The van der Waals surface area contributed by atoms with Gasteiger partial charge in [0.1, 0.15) is 4.88 Å². The first-order valence-corrected chi connectivity index (χ1v) is 7.68. The molecule has 0 saturated carbocycles. The Bertz CT molecular complexity index is 613. The molecule has 0 fully saturated rings. The van der Waals surface area contributed by atoms with E-state index in [0.717, 1.165) is 17.1 Å². The summed E-state index contributed by atoms with van der Waals surface area (Å²) in [7, 11) is 1.91. The van der Waals surface area contributed by atoms with Crippen LogP contribution in [0.4, 0.5) is 5.13 Å². The molecule has 0 aliphatic carbocycles. The number of nitrogens with zero attached hydrogens (tertiary/aromatic N) is 3. The van der Waals surface area contributed by atoms with Gasteiger partial charge in [0.25, 0.3) is 0 Å². The fourth-order valence-electron chi connectivity index (χ4n) is 2.00. The van der Waals surface area contributed by atoms with Gasteiger partial charge in [-0.2, -0.15) is 0 Å². The lowest BCUT2D eigenvalue weighted by Gasteiger charge is -2.15. The maximum Gasteiger partial charge on any atom is 0.347 e. The van der Waals surface area contributed by atoms with Gasteiger partial charge in [0, 0.05) is 26.0 Å². The molecule has 5 nitrogen and oxygen atoms in total. The number of thiazole rings is 1. The lowest BCUT2D eigenvalue weighted by Crippen LogP contribution is -2.16. The van der Waals surface area contributed by atoms with Gasteiger partial charge in [0.15, 0.2) is 5.13 Å². The van der Waals surface area contributed by atoms with Crippen molar-refractivity contribution >= 4 is 22.4 Å². The Morgan fingerprint density at radius 3 is 2.86 bits per heavy atom. The summed E-state index contributed by atoms with van der Waals surface area (Å²) >= 11 is 1.23. The van der Waals surface area contributed by atoms with E-state index in [-0.39, 0.29) is 5.92 Å². The van der Waals surface area contributed by atoms with E-state index in [9.17, 15) is 9.90 Å². The van der Waals surface area contributed by atoms with E-state index in [2.05, 4.69) is 9.97 Å². The third-order valence-electron chi connectivity index (χ3n) is 3.38. The first-order chi connectivity index (χ1) is 10.0. The van der Waals surface area contributed by atoms with Crippen molar-refractivity contribution in [3.05, 3.63) is 40.7 Å². The highest BCUT2D eigenvalue weighted by atomic mass is 32.1. The molecule has 1 atom stereocenters. The summed E-state index contributed by atoms with van der Waals surface area (Å²) in [6.45, 7) is 4.70. The third-order valence-corrected chi connectivity index (χ3v) is 4.56. The normalized spacial score (nSPS) is 12.1. The average Bonchev–Trinajstić information content (AvgIpc) is 2.93. The second-order valence-electron chi connectivity index (χ2n) is 5.04. The molecule has 1 N–H and O–H groups in total. The zero-order chi connectivity index (χ0) is 15.4. The van der Waals surface area contributed by atoms with Crippen LogP contribution in [0.25, 0.3) is 0 Å². The highest BCUT2D eigenvalue weighted by Crippen LogP contribution is 2.32. The van der Waals surface area contributed by atoms with Gasteiger partial charge >= 0.3 is 5.97 Å². The standard InChI is InChI=1S/C15H19N3O2S/c1-4-10(2)12-13(14(19)20)21-15(17-12)18(3)9-11-6-5-7-16-8-11/h5-8,10H,4,9H2,1-3H3,(H,19,20). The molecule has 2 rings (SSSR count). The van der Waals surface area contributed by atoms with Crippen LogP contribution >= 0.6 is 11.3 Å². The molecule has 2 aromatic rings. The Labute approximate surface area is 128 Å². The average molecular weight is 305 g/mol. The Morgan fingerprint density at radius 2 is 2.29 bits per heavy atom. The van der Waals surface area contributed by atoms with Gasteiger partial charge in [-0.1, -0.05) is 31.3 Å². The van der Waals surface area contributed by atoms with Crippen LogP contribution in [0.1, 0.15) is 47.1 Å². The topological polar surface area (TPSA) is 66.3 Å². The lowest BCUT2D eigenvalue weighted by molar-refractivity contribution is 0.0700. The zero-order valence-electron chi connectivity index (χ0n) is 12.4. The Kier molecular flexibility index (Phi) is 4.90. The number of carboxylic acids is 1. The SMILES string of the molecule is CCC(C)c1nc(N(C)Cc2cccnc2)sc1C(=O)O. The summed E-state index contributed by atoms with van der Waals surface area (Å²) in [5.41, 5.74) is 1.75.